The average molecular weight is 287 g/mol. The molecule has 2 rings (SSSR count). The number of esters is 1. The Kier molecular flexibility index (Phi) is 3.98. The van der Waals surface area contributed by atoms with Crippen molar-refractivity contribution in [3.05, 3.63) is 56.8 Å². The van der Waals surface area contributed by atoms with Crippen LogP contribution in [0.1, 0.15) is 25.8 Å². The van der Waals surface area contributed by atoms with E-state index >= 15 is 0 Å². The maximum Gasteiger partial charge on any atom is 0.308 e. The molecule has 0 atom stereocenters. The second kappa shape index (κ2) is 5.70. The van der Waals surface area contributed by atoms with Gasteiger partial charge in [0, 0.05) is 25.5 Å². The number of allylic oxidation sites excluding steroid dienone is 2. The molecule has 0 bridgehead atoms. The number of carbonyl (C=O) groups excluding carboxylic acids is 2. The zero-order valence-electron chi connectivity index (χ0n) is 11.6. The van der Waals surface area contributed by atoms with Gasteiger partial charge in [-0.2, -0.15) is 0 Å². The average Bonchev–Trinajstić information content (AvgIpc) is 2.66. The third-order valence-corrected chi connectivity index (χ3v) is 3.02. The highest BCUT2D eigenvalue weighted by molar-refractivity contribution is 6.08. The van der Waals surface area contributed by atoms with Crippen molar-refractivity contribution < 1.29 is 19.2 Å². The zero-order valence-corrected chi connectivity index (χ0v) is 11.6. The molecule has 1 aromatic carbocycles. The molecule has 6 heteroatoms. The predicted molar refractivity (Wildman–Crippen MR) is 75.2 cm³/mol. The van der Waals surface area contributed by atoms with Crippen molar-refractivity contribution in [2.45, 2.75) is 20.3 Å². The predicted octanol–water partition coefficient (Wildman–Crippen LogP) is 2.79. The van der Waals surface area contributed by atoms with E-state index in [1.54, 1.807) is 13.0 Å². The highest BCUT2D eigenvalue weighted by Gasteiger charge is 2.27. The fourth-order valence-corrected chi connectivity index (χ4v) is 2.06. The lowest BCUT2D eigenvalue weighted by atomic mass is 10.1. The van der Waals surface area contributed by atoms with Gasteiger partial charge in [-0.3, -0.25) is 19.7 Å². The van der Waals surface area contributed by atoms with Crippen LogP contribution in [0.3, 0.4) is 0 Å². The molecule has 0 aliphatic heterocycles. The highest BCUT2D eigenvalue weighted by atomic mass is 16.6. The third kappa shape index (κ3) is 3.22. The number of nitrogens with zero attached hydrogens (tertiary/aromatic N) is 1. The third-order valence-electron chi connectivity index (χ3n) is 3.02. The Labute approximate surface area is 120 Å². The van der Waals surface area contributed by atoms with Crippen LogP contribution in [-0.4, -0.2) is 16.7 Å². The summed E-state index contributed by atoms with van der Waals surface area (Å²) in [6.45, 7) is 3.00. The second-order valence-electron chi connectivity index (χ2n) is 4.71. The summed E-state index contributed by atoms with van der Waals surface area (Å²) in [4.78, 5) is 33.1. The second-order valence-corrected chi connectivity index (χ2v) is 4.71. The molecule has 0 spiro atoms. The van der Waals surface area contributed by atoms with E-state index in [-0.39, 0.29) is 23.7 Å². The molecule has 0 unspecified atom stereocenters. The summed E-state index contributed by atoms with van der Waals surface area (Å²) in [5.41, 5.74) is 1.62. The monoisotopic (exact) mass is 287 g/mol. The summed E-state index contributed by atoms with van der Waals surface area (Å²) in [5, 5.41) is 10.6. The number of benzene rings is 1. The van der Waals surface area contributed by atoms with Gasteiger partial charge in [0.1, 0.15) is 5.76 Å². The summed E-state index contributed by atoms with van der Waals surface area (Å²) in [6.07, 6.45) is 1.78. The molecule has 0 fully saturated rings. The van der Waals surface area contributed by atoms with Gasteiger partial charge < -0.3 is 4.74 Å². The van der Waals surface area contributed by atoms with Crippen LogP contribution in [0.25, 0.3) is 6.08 Å². The number of rotatable bonds is 3. The molecular weight excluding hydrogens is 274 g/mol. The van der Waals surface area contributed by atoms with Crippen LogP contribution >= 0.6 is 0 Å². The van der Waals surface area contributed by atoms with E-state index in [2.05, 4.69) is 0 Å². The molecule has 0 aromatic heterocycles. The van der Waals surface area contributed by atoms with E-state index in [1.165, 1.54) is 31.2 Å². The molecule has 0 amide bonds. The van der Waals surface area contributed by atoms with Gasteiger partial charge in [-0.25, -0.2) is 0 Å². The summed E-state index contributed by atoms with van der Waals surface area (Å²) in [6, 6.07) is 5.79. The number of carbonyl (C=O) groups is 2. The van der Waals surface area contributed by atoms with Crippen LogP contribution in [0.5, 0.6) is 0 Å². The minimum absolute atomic E-state index is 0.0261. The first-order valence-electron chi connectivity index (χ1n) is 6.26. The lowest BCUT2D eigenvalue weighted by molar-refractivity contribution is -0.384. The van der Waals surface area contributed by atoms with E-state index in [1.807, 2.05) is 0 Å². The number of Topliss-reactive ketones (excluding diaryl/α,β-unsaturated/α-hetero) is 1. The first kappa shape index (κ1) is 14.6. The van der Waals surface area contributed by atoms with Crippen molar-refractivity contribution in [3.63, 3.8) is 0 Å². The number of nitro groups is 1. The minimum Gasteiger partial charge on any atom is -0.426 e. The first-order valence-corrected chi connectivity index (χ1v) is 6.26. The summed E-state index contributed by atoms with van der Waals surface area (Å²) in [5.74, 6) is -0.346. The number of nitro benzene ring substituents is 1. The minimum atomic E-state index is -0.494. The summed E-state index contributed by atoms with van der Waals surface area (Å²) in [7, 11) is 0. The van der Waals surface area contributed by atoms with Crippen LogP contribution in [0, 0.1) is 10.1 Å². The van der Waals surface area contributed by atoms with Gasteiger partial charge in [0.25, 0.3) is 5.69 Å². The van der Waals surface area contributed by atoms with E-state index in [0.29, 0.717) is 16.7 Å². The topological polar surface area (TPSA) is 86.5 Å². The molecular formula is C15H13NO5. The van der Waals surface area contributed by atoms with Gasteiger partial charge in [-0.1, -0.05) is 0 Å². The van der Waals surface area contributed by atoms with Crippen LogP contribution in [-0.2, 0) is 14.3 Å². The van der Waals surface area contributed by atoms with E-state index in [4.69, 9.17) is 4.74 Å². The van der Waals surface area contributed by atoms with Crippen molar-refractivity contribution in [1.29, 1.82) is 0 Å². The fraction of sp³-hybridized carbons (Fsp3) is 0.200. The van der Waals surface area contributed by atoms with Gasteiger partial charge in [-0.15, -0.1) is 0 Å². The Hall–Kier alpha value is -2.76. The molecule has 0 saturated heterocycles. The van der Waals surface area contributed by atoms with Crippen molar-refractivity contribution in [1.82, 2.24) is 0 Å². The van der Waals surface area contributed by atoms with Crippen LogP contribution in [0.4, 0.5) is 5.69 Å². The Morgan fingerprint density at radius 2 is 1.95 bits per heavy atom. The highest BCUT2D eigenvalue weighted by Crippen LogP contribution is 2.31. The zero-order chi connectivity index (χ0) is 15.6. The SMILES string of the molecule is CC(=O)OC1=C(C)CC(=O)/C1=C/c1ccc([N+](=O)[O-])cc1. The molecule has 1 aliphatic carbocycles. The normalized spacial score (nSPS) is 16.5. The number of hydrogen-bond donors (Lipinski definition) is 0. The fourth-order valence-electron chi connectivity index (χ4n) is 2.06. The smallest absolute Gasteiger partial charge is 0.308 e. The van der Waals surface area contributed by atoms with Crippen LogP contribution < -0.4 is 0 Å². The molecule has 0 radical (unpaired) electrons. The van der Waals surface area contributed by atoms with Crippen LogP contribution in [0.15, 0.2) is 41.2 Å². The van der Waals surface area contributed by atoms with Crippen molar-refractivity contribution in [2.24, 2.45) is 0 Å². The maximum absolute atomic E-state index is 11.9. The Morgan fingerprint density at radius 1 is 1.33 bits per heavy atom. The lowest BCUT2D eigenvalue weighted by Crippen LogP contribution is -2.03. The standard InChI is InChI=1S/C15H13NO5/c1-9-7-14(18)13(15(9)21-10(2)17)8-11-3-5-12(6-4-11)16(19)20/h3-6,8H,7H2,1-2H3/b13-8-. The van der Waals surface area contributed by atoms with E-state index in [9.17, 15) is 19.7 Å². The molecule has 108 valence electrons. The molecule has 0 saturated carbocycles. The summed E-state index contributed by atoms with van der Waals surface area (Å²) >= 11 is 0. The van der Waals surface area contributed by atoms with Gasteiger partial charge >= 0.3 is 5.97 Å². The Bertz CT molecular complexity index is 683. The van der Waals surface area contributed by atoms with Gasteiger partial charge in [-0.05, 0) is 36.3 Å². The quantitative estimate of drug-likeness (QED) is 0.369. The van der Waals surface area contributed by atoms with Crippen molar-refractivity contribution in [2.75, 3.05) is 0 Å². The molecule has 21 heavy (non-hydrogen) atoms. The number of hydrogen-bond acceptors (Lipinski definition) is 5. The molecule has 0 N–H and O–H groups in total. The van der Waals surface area contributed by atoms with E-state index in [0.717, 1.165) is 0 Å². The Balaban J connectivity index is 2.36. The van der Waals surface area contributed by atoms with Gasteiger partial charge in [0.05, 0.1) is 10.5 Å². The maximum atomic E-state index is 11.9. The van der Waals surface area contributed by atoms with E-state index < -0.39 is 10.9 Å². The summed E-state index contributed by atoms with van der Waals surface area (Å²) < 4.78 is 5.08. The number of ketones is 1. The van der Waals surface area contributed by atoms with Crippen molar-refractivity contribution in [3.8, 4) is 0 Å². The Morgan fingerprint density at radius 3 is 2.48 bits per heavy atom. The lowest BCUT2D eigenvalue weighted by Gasteiger charge is -2.05. The molecule has 6 nitrogen and oxygen atoms in total. The van der Waals surface area contributed by atoms with Crippen molar-refractivity contribution >= 4 is 23.5 Å². The number of non-ortho nitro benzene ring substituents is 1. The van der Waals surface area contributed by atoms with Crippen LogP contribution in [0.2, 0.25) is 0 Å². The molecule has 1 aromatic rings. The number of ether oxygens (including phenoxy) is 1. The first-order chi connectivity index (χ1) is 9.88. The molecule has 1 aliphatic rings. The largest absolute Gasteiger partial charge is 0.426 e. The van der Waals surface area contributed by atoms with Gasteiger partial charge in [0.15, 0.2) is 5.78 Å². The molecule has 0 heterocycles. The van der Waals surface area contributed by atoms with Gasteiger partial charge in [0.2, 0.25) is 0 Å².